The second-order valence-electron chi connectivity index (χ2n) is 6.80. The van der Waals surface area contributed by atoms with Crippen molar-refractivity contribution < 1.29 is 24.2 Å². The predicted molar refractivity (Wildman–Crippen MR) is 101 cm³/mol. The Hall–Kier alpha value is -3.29. The fourth-order valence-electron chi connectivity index (χ4n) is 3.55. The highest BCUT2D eigenvalue weighted by atomic mass is 16.6. The summed E-state index contributed by atoms with van der Waals surface area (Å²) in [5.74, 6) is 1.01. The molecule has 0 radical (unpaired) electrons. The van der Waals surface area contributed by atoms with Crippen molar-refractivity contribution in [3.8, 4) is 22.6 Å². The molecule has 3 heterocycles. The Kier molecular flexibility index (Phi) is 5.01. The van der Waals surface area contributed by atoms with Crippen LogP contribution in [-0.4, -0.2) is 59.3 Å². The number of carboxylic acid groups (broad SMARTS) is 1. The van der Waals surface area contributed by atoms with Gasteiger partial charge in [0.15, 0.2) is 11.5 Å². The lowest BCUT2D eigenvalue weighted by Gasteiger charge is -2.31. The van der Waals surface area contributed by atoms with Gasteiger partial charge in [-0.3, -0.25) is 9.78 Å². The molecule has 1 saturated heterocycles. The Balaban J connectivity index is 1.56. The molecule has 2 aliphatic heterocycles. The van der Waals surface area contributed by atoms with Gasteiger partial charge >= 0.3 is 6.09 Å². The van der Waals surface area contributed by atoms with Crippen LogP contribution >= 0.6 is 0 Å². The number of rotatable bonds is 3. The predicted octanol–water partition coefficient (Wildman–Crippen LogP) is 2.39. The molecule has 4 rings (SSSR count). The van der Waals surface area contributed by atoms with Gasteiger partial charge < -0.3 is 24.8 Å². The molecule has 0 saturated carbocycles. The fourth-order valence-corrected chi connectivity index (χ4v) is 3.55. The van der Waals surface area contributed by atoms with E-state index in [4.69, 9.17) is 9.47 Å². The smallest absolute Gasteiger partial charge is 0.407 e. The lowest BCUT2D eigenvalue weighted by Crippen LogP contribution is -2.49. The van der Waals surface area contributed by atoms with E-state index >= 15 is 0 Å². The molecule has 1 fully saturated rings. The third kappa shape index (κ3) is 3.71. The van der Waals surface area contributed by atoms with Gasteiger partial charge in [-0.2, -0.15) is 0 Å². The summed E-state index contributed by atoms with van der Waals surface area (Å²) in [6.45, 7) is 1.78. The lowest BCUT2D eigenvalue weighted by atomic mass is 10.0. The first kappa shape index (κ1) is 18.1. The Labute approximate surface area is 162 Å². The van der Waals surface area contributed by atoms with E-state index in [2.05, 4.69) is 10.3 Å². The summed E-state index contributed by atoms with van der Waals surface area (Å²) in [7, 11) is 0. The first-order valence-electron chi connectivity index (χ1n) is 9.25. The minimum absolute atomic E-state index is 0.229. The summed E-state index contributed by atoms with van der Waals surface area (Å²) in [6.07, 6.45) is 2.06. The van der Waals surface area contributed by atoms with E-state index in [1.807, 2.05) is 24.3 Å². The van der Waals surface area contributed by atoms with Gasteiger partial charge in [0.25, 0.3) is 5.91 Å². The highest BCUT2D eigenvalue weighted by Crippen LogP contribution is 2.35. The van der Waals surface area contributed by atoms with Gasteiger partial charge in [-0.15, -0.1) is 0 Å². The molecular weight excluding hydrogens is 362 g/mol. The monoisotopic (exact) mass is 383 g/mol. The highest BCUT2D eigenvalue weighted by Gasteiger charge is 2.26. The summed E-state index contributed by atoms with van der Waals surface area (Å²) in [5, 5.41) is 12.1. The number of pyridine rings is 1. The molecule has 1 aromatic heterocycles. The topological polar surface area (TPSA) is 101 Å². The van der Waals surface area contributed by atoms with Gasteiger partial charge in [0.05, 0.1) is 0 Å². The standard InChI is InChI=1S/C20H21N3O5/c24-19(22-14-3-2-8-23(12-14)20(25)26)18-15(4-1-7-21-18)13-5-6-16-17(11-13)28-10-9-27-16/h1,4-7,11,14H,2-3,8-10,12H2,(H,22,24)(H,25,26). The molecule has 1 atom stereocenters. The summed E-state index contributed by atoms with van der Waals surface area (Å²) in [4.78, 5) is 29.7. The van der Waals surface area contributed by atoms with E-state index in [1.165, 1.54) is 4.90 Å². The summed E-state index contributed by atoms with van der Waals surface area (Å²) in [6, 6.07) is 8.91. The summed E-state index contributed by atoms with van der Waals surface area (Å²) >= 11 is 0. The zero-order chi connectivity index (χ0) is 19.5. The van der Waals surface area contributed by atoms with Crippen molar-refractivity contribution in [3.05, 3.63) is 42.2 Å². The maximum absolute atomic E-state index is 12.9. The Morgan fingerprint density at radius 3 is 2.82 bits per heavy atom. The maximum Gasteiger partial charge on any atom is 0.407 e. The summed E-state index contributed by atoms with van der Waals surface area (Å²) < 4.78 is 11.2. The van der Waals surface area contributed by atoms with Crippen molar-refractivity contribution in [3.63, 3.8) is 0 Å². The van der Waals surface area contributed by atoms with Crippen LogP contribution < -0.4 is 14.8 Å². The summed E-state index contributed by atoms with van der Waals surface area (Å²) in [5.41, 5.74) is 1.79. The second-order valence-corrected chi connectivity index (χ2v) is 6.80. The quantitative estimate of drug-likeness (QED) is 0.844. The van der Waals surface area contributed by atoms with Crippen LogP contribution in [0, 0.1) is 0 Å². The van der Waals surface area contributed by atoms with E-state index < -0.39 is 6.09 Å². The van der Waals surface area contributed by atoms with Crippen molar-refractivity contribution in [1.82, 2.24) is 15.2 Å². The molecule has 8 heteroatoms. The van der Waals surface area contributed by atoms with E-state index in [9.17, 15) is 14.7 Å². The van der Waals surface area contributed by atoms with Crippen molar-refractivity contribution in [2.75, 3.05) is 26.3 Å². The molecule has 8 nitrogen and oxygen atoms in total. The van der Waals surface area contributed by atoms with Crippen molar-refractivity contribution >= 4 is 12.0 Å². The molecule has 2 aliphatic rings. The van der Waals surface area contributed by atoms with Gasteiger partial charge in [0.2, 0.25) is 0 Å². The largest absolute Gasteiger partial charge is 0.486 e. The number of carbonyl (C=O) groups excluding carboxylic acids is 1. The number of fused-ring (bicyclic) bond motifs is 1. The molecule has 146 valence electrons. The first-order valence-corrected chi connectivity index (χ1v) is 9.25. The third-order valence-corrected chi connectivity index (χ3v) is 4.90. The van der Waals surface area contributed by atoms with E-state index in [0.29, 0.717) is 48.9 Å². The number of amides is 2. The first-order chi connectivity index (χ1) is 13.6. The van der Waals surface area contributed by atoms with Gasteiger partial charge in [0.1, 0.15) is 18.9 Å². The SMILES string of the molecule is O=C(NC1CCCN(C(=O)O)C1)c1ncccc1-c1ccc2c(c1)OCCO2. The van der Waals surface area contributed by atoms with Crippen molar-refractivity contribution in [1.29, 1.82) is 0 Å². The molecule has 0 bridgehead atoms. The normalized spacial score (nSPS) is 18.4. The van der Waals surface area contributed by atoms with Crippen LogP contribution in [0.2, 0.25) is 0 Å². The molecule has 1 unspecified atom stereocenters. The Morgan fingerprint density at radius 2 is 2.00 bits per heavy atom. The van der Waals surface area contributed by atoms with E-state index in [0.717, 1.165) is 12.0 Å². The van der Waals surface area contributed by atoms with E-state index in [1.54, 1.807) is 12.3 Å². The number of nitrogens with one attached hydrogen (secondary N) is 1. The minimum atomic E-state index is -0.964. The van der Waals surface area contributed by atoms with Gasteiger partial charge in [-0.05, 0) is 36.6 Å². The maximum atomic E-state index is 12.9. The van der Waals surface area contributed by atoms with Gasteiger partial charge in [-0.1, -0.05) is 12.1 Å². The molecule has 2 amide bonds. The average molecular weight is 383 g/mol. The molecular formula is C20H21N3O5. The zero-order valence-electron chi connectivity index (χ0n) is 15.3. The Morgan fingerprint density at radius 1 is 1.18 bits per heavy atom. The second kappa shape index (κ2) is 7.75. The molecule has 0 aliphatic carbocycles. The number of ether oxygens (including phenoxy) is 2. The van der Waals surface area contributed by atoms with Crippen LogP contribution in [-0.2, 0) is 0 Å². The van der Waals surface area contributed by atoms with Crippen molar-refractivity contribution in [2.24, 2.45) is 0 Å². The molecule has 28 heavy (non-hydrogen) atoms. The number of piperidine rings is 1. The van der Waals surface area contributed by atoms with Crippen LogP contribution in [0.15, 0.2) is 36.5 Å². The van der Waals surface area contributed by atoms with Crippen LogP contribution in [0.4, 0.5) is 4.79 Å². The number of aromatic nitrogens is 1. The lowest BCUT2D eigenvalue weighted by molar-refractivity contribution is 0.0884. The van der Waals surface area contributed by atoms with Gasteiger partial charge in [-0.25, -0.2) is 4.79 Å². The molecule has 1 aromatic carbocycles. The molecule has 2 N–H and O–H groups in total. The number of likely N-dealkylation sites (tertiary alicyclic amines) is 1. The van der Waals surface area contributed by atoms with Crippen LogP contribution in [0.3, 0.4) is 0 Å². The Bertz CT molecular complexity index is 901. The number of benzene rings is 1. The van der Waals surface area contributed by atoms with Crippen molar-refractivity contribution in [2.45, 2.75) is 18.9 Å². The van der Waals surface area contributed by atoms with Crippen LogP contribution in [0.1, 0.15) is 23.3 Å². The number of hydrogen-bond donors (Lipinski definition) is 2. The third-order valence-electron chi connectivity index (χ3n) is 4.90. The number of hydrogen-bond acceptors (Lipinski definition) is 5. The van der Waals surface area contributed by atoms with Crippen LogP contribution in [0.5, 0.6) is 11.5 Å². The number of carbonyl (C=O) groups is 2. The fraction of sp³-hybridized carbons (Fsp3) is 0.350. The minimum Gasteiger partial charge on any atom is -0.486 e. The average Bonchev–Trinajstić information content (AvgIpc) is 2.73. The van der Waals surface area contributed by atoms with Gasteiger partial charge in [0, 0.05) is 30.9 Å². The molecule has 2 aromatic rings. The highest BCUT2D eigenvalue weighted by molar-refractivity contribution is 5.99. The number of nitrogens with zero attached hydrogens (tertiary/aromatic N) is 2. The van der Waals surface area contributed by atoms with Crippen LogP contribution in [0.25, 0.3) is 11.1 Å². The van der Waals surface area contributed by atoms with E-state index in [-0.39, 0.29) is 18.5 Å². The molecule has 0 spiro atoms. The zero-order valence-corrected chi connectivity index (χ0v) is 15.3.